The van der Waals surface area contributed by atoms with E-state index in [-0.39, 0.29) is 0 Å². The maximum Gasteiger partial charge on any atom is 0.104 e. The van der Waals surface area contributed by atoms with Crippen LogP contribution in [0.25, 0.3) is 11.3 Å². The molecule has 0 amide bonds. The molecule has 0 aliphatic carbocycles. The molecule has 0 unspecified atom stereocenters. The summed E-state index contributed by atoms with van der Waals surface area (Å²) in [5, 5.41) is 12.0. The molecular weight excluding hydrogens is 296 g/mol. The molecule has 0 spiro atoms. The van der Waals surface area contributed by atoms with Crippen molar-refractivity contribution in [1.29, 1.82) is 5.26 Å². The summed E-state index contributed by atoms with van der Waals surface area (Å²) in [5.41, 5.74) is 2.71. The fourth-order valence-corrected chi connectivity index (χ4v) is 3.63. The zero-order valence-electron chi connectivity index (χ0n) is 11.2. The van der Waals surface area contributed by atoms with Crippen LogP contribution in [0.1, 0.15) is 10.6 Å². The number of hydrogen-bond acceptors (Lipinski definition) is 4. The van der Waals surface area contributed by atoms with Crippen molar-refractivity contribution in [2.45, 2.75) is 10.6 Å². The van der Waals surface area contributed by atoms with Crippen LogP contribution in [0.4, 0.5) is 0 Å². The van der Waals surface area contributed by atoms with Gasteiger partial charge in [0.15, 0.2) is 0 Å². The van der Waals surface area contributed by atoms with Crippen molar-refractivity contribution in [3.05, 3.63) is 70.5 Å². The second-order valence-electron chi connectivity index (χ2n) is 4.42. The summed E-state index contributed by atoms with van der Waals surface area (Å²) >= 11 is 3.47. The van der Waals surface area contributed by atoms with Crippen molar-refractivity contribution in [1.82, 2.24) is 4.98 Å². The lowest BCUT2D eigenvalue weighted by atomic mass is 10.1. The molecule has 0 bridgehead atoms. The molecule has 0 radical (unpaired) electrons. The van der Waals surface area contributed by atoms with E-state index in [1.165, 1.54) is 4.90 Å². The molecule has 1 aromatic heterocycles. The molecule has 2 aromatic carbocycles. The van der Waals surface area contributed by atoms with Crippen LogP contribution in [0.5, 0.6) is 0 Å². The quantitative estimate of drug-likeness (QED) is 0.638. The largest absolute Gasteiger partial charge is 0.240 e. The number of aromatic nitrogens is 1. The van der Waals surface area contributed by atoms with Crippen LogP contribution in [-0.4, -0.2) is 4.98 Å². The lowest BCUT2D eigenvalue weighted by Crippen LogP contribution is -1.82. The molecule has 2 nitrogen and oxygen atoms in total. The van der Waals surface area contributed by atoms with E-state index in [1.807, 2.05) is 42.5 Å². The van der Waals surface area contributed by atoms with Crippen LogP contribution < -0.4 is 0 Å². The number of nitrogens with zero attached hydrogens (tertiary/aromatic N) is 2. The Morgan fingerprint density at radius 3 is 2.52 bits per heavy atom. The van der Waals surface area contributed by atoms with Gasteiger partial charge < -0.3 is 0 Å². The fraction of sp³-hybridized carbons (Fsp3) is 0.0588. The summed E-state index contributed by atoms with van der Waals surface area (Å²) in [6.07, 6.45) is 0. The summed E-state index contributed by atoms with van der Waals surface area (Å²) in [6, 6.07) is 20.0. The van der Waals surface area contributed by atoms with E-state index in [0.29, 0.717) is 5.56 Å². The SMILES string of the molecule is N#Cc1ccc(-c2csc(CSc3ccccc3)n2)cc1. The fourth-order valence-electron chi connectivity index (χ4n) is 1.89. The second kappa shape index (κ2) is 6.57. The number of hydrogen-bond donors (Lipinski definition) is 0. The molecule has 3 aromatic rings. The number of nitriles is 1. The zero-order valence-corrected chi connectivity index (χ0v) is 12.8. The van der Waals surface area contributed by atoms with E-state index in [0.717, 1.165) is 22.0 Å². The van der Waals surface area contributed by atoms with Gasteiger partial charge in [0, 0.05) is 15.8 Å². The van der Waals surface area contributed by atoms with E-state index in [2.05, 4.69) is 28.6 Å². The molecule has 21 heavy (non-hydrogen) atoms. The first kappa shape index (κ1) is 13.9. The van der Waals surface area contributed by atoms with Gasteiger partial charge in [0.05, 0.1) is 23.1 Å². The Labute approximate surface area is 132 Å². The van der Waals surface area contributed by atoms with Gasteiger partial charge in [-0.15, -0.1) is 23.1 Å². The first-order valence-electron chi connectivity index (χ1n) is 6.48. The predicted molar refractivity (Wildman–Crippen MR) is 88.3 cm³/mol. The average molecular weight is 308 g/mol. The van der Waals surface area contributed by atoms with E-state index < -0.39 is 0 Å². The number of rotatable bonds is 4. The summed E-state index contributed by atoms with van der Waals surface area (Å²) in [4.78, 5) is 5.92. The Morgan fingerprint density at radius 2 is 1.81 bits per heavy atom. The highest BCUT2D eigenvalue weighted by atomic mass is 32.2. The van der Waals surface area contributed by atoms with E-state index in [1.54, 1.807) is 23.1 Å². The lowest BCUT2D eigenvalue weighted by molar-refractivity contribution is 1.26. The minimum absolute atomic E-state index is 0.675. The van der Waals surface area contributed by atoms with Crippen LogP contribution in [0.15, 0.2) is 64.9 Å². The highest BCUT2D eigenvalue weighted by Crippen LogP contribution is 2.27. The zero-order chi connectivity index (χ0) is 14.5. The van der Waals surface area contributed by atoms with Gasteiger partial charge in [0.25, 0.3) is 0 Å². The van der Waals surface area contributed by atoms with Crippen molar-refractivity contribution in [2.75, 3.05) is 0 Å². The van der Waals surface area contributed by atoms with Crippen LogP contribution in [-0.2, 0) is 5.75 Å². The predicted octanol–water partition coefficient (Wildman–Crippen LogP) is 4.97. The van der Waals surface area contributed by atoms with Gasteiger partial charge >= 0.3 is 0 Å². The lowest BCUT2D eigenvalue weighted by Gasteiger charge is -1.98. The van der Waals surface area contributed by atoms with E-state index in [9.17, 15) is 0 Å². The first-order chi connectivity index (χ1) is 10.3. The molecular formula is C17H12N2S2. The van der Waals surface area contributed by atoms with Gasteiger partial charge in [0.1, 0.15) is 5.01 Å². The molecule has 0 fully saturated rings. The summed E-state index contributed by atoms with van der Waals surface area (Å²) in [6.45, 7) is 0. The smallest absolute Gasteiger partial charge is 0.104 e. The second-order valence-corrected chi connectivity index (χ2v) is 6.41. The third-order valence-electron chi connectivity index (χ3n) is 2.97. The Balaban J connectivity index is 1.69. The van der Waals surface area contributed by atoms with Crippen molar-refractivity contribution in [2.24, 2.45) is 0 Å². The molecule has 0 N–H and O–H groups in total. The average Bonchev–Trinajstić information content (AvgIpc) is 3.03. The number of thiazole rings is 1. The highest BCUT2D eigenvalue weighted by molar-refractivity contribution is 7.98. The van der Waals surface area contributed by atoms with Crippen LogP contribution in [0.3, 0.4) is 0 Å². The standard InChI is InChI=1S/C17H12N2S2/c18-10-13-6-8-14(9-7-13)16-11-21-17(19-16)12-20-15-4-2-1-3-5-15/h1-9,11H,12H2. The normalized spacial score (nSPS) is 10.2. The van der Waals surface area contributed by atoms with Gasteiger partial charge in [-0.05, 0) is 24.3 Å². The Hall–Kier alpha value is -2.09. The van der Waals surface area contributed by atoms with Gasteiger partial charge in [0.2, 0.25) is 0 Å². The molecule has 4 heteroatoms. The maximum atomic E-state index is 8.82. The molecule has 0 atom stereocenters. The van der Waals surface area contributed by atoms with Gasteiger partial charge in [-0.3, -0.25) is 0 Å². The molecule has 0 aliphatic heterocycles. The minimum atomic E-state index is 0.675. The summed E-state index contributed by atoms with van der Waals surface area (Å²) < 4.78 is 0. The third-order valence-corrected chi connectivity index (χ3v) is 5.02. The van der Waals surface area contributed by atoms with Gasteiger partial charge in [-0.2, -0.15) is 5.26 Å². The van der Waals surface area contributed by atoms with Crippen molar-refractivity contribution in [3.63, 3.8) is 0 Å². The van der Waals surface area contributed by atoms with E-state index >= 15 is 0 Å². The van der Waals surface area contributed by atoms with E-state index in [4.69, 9.17) is 5.26 Å². The molecule has 0 saturated carbocycles. The van der Waals surface area contributed by atoms with Crippen LogP contribution in [0, 0.1) is 11.3 Å². The number of thioether (sulfide) groups is 1. The molecule has 0 saturated heterocycles. The Bertz CT molecular complexity index is 755. The number of benzene rings is 2. The first-order valence-corrected chi connectivity index (χ1v) is 8.34. The van der Waals surface area contributed by atoms with Crippen molar-refractivity contribution >= 4 is 23.1 Å². The molecule has 3 rings (SSSR count). The third kappa shape index (κ3) is 3.52. The van der Waals surface area contributed by atoms with Crippen molar-refractivity contribution < 1.29 is 0 Å². The summed E-state index contributed by atoms with van der Waals surface area (Å²) in [5.74, 6) is 0.880. The molecule has 1 heterocycles. The van der Waals surface area contributed by atoms with Crippen LogP contribution >= 0.6 is 23.1 Å². The molecule has 102 valence electrons. The van der Waals surface area contributed by atoms with Gasteiger partial charge in [-0.1, -0.05) is 30.3 Å². The highest BCUT2D eigenvalue weighted by Gasteiger charge is 2.05. The van der Waals surface area contributed by atoms with Crippen molar-refractivity contribution in [3.8, 4) is 17.3 Å². The topological polar surface area (TPSA) is 36.7 Å². The minimum Gasteiger partial charge on any atom is -0.240 e. The van der Waals surface area contributed by atoms with Gasteiger partial charge in [-0.25, -0.2) is 4.98 Å². The maximum absolute atomic E-state index is 8.82. The van der Waals surface area contributed by atoms with Crippen LogP contribution in [0.2, 0.25) is 0 Å². The summed E-state index contributed by atoms with van der Waals surface area (Å²) in [7, 11) is 0. The Kier molecular flexibility index (Phi) is 4.34. The Morgan fingerprint density at radius 1 is 1.05 bits per heavy atom. The molecule has 0 aliphatic rings. The monoisotopic (exact) mass is 308 g/mol.